The largest absolute Gasteiger partial charge is 0.437 e. The molecule has 0 atom stereocenters. The molecule has 51 heavy (non-hydrogen) atoms. The summed E-state index contributed by atoms with van der Waals surface area (Å²) in [6.07, 6.45) is 0. The molecule has 0 aliphatic carbocycles. The van der Waals surface area contributed by atoms with Crippen LogP contribution in [0.25, 0.3) is 100 Å². The summed E-state index contributed by atoms with van der Waals surface area (Å²) < 4.78 is 6.72. The van der Waals surface area contributed by atoms with Crippen molar-refractivity contribution in [1.82, 2.24) is 19.9 Å². The highest BCUT2D eigenvalue weighted by Crippen LogP contribution is 2.42. The molecular weight excluding hydrogens is 625 g/mol. The molecule has 10 rings (SSSR count). The first-order valence-corrected chi connectivity index (χ1v) is 17.0. The summed E-state index contributed by atoms with van der Waals surface area (Å²) in [4.78, 5) is 20.3. The van der Waals surface area contributed by atoms with Gasteiger partial charge in [-0.1, -0.05) is 140 Å². The summed E-state index contributed by atoms with van der Waals surface area (Å²) in [6.45, 7) is 0. The average Bonchev–Trinajstić information content (AvgIpc) is 3.58. The van der Waals surface area contributed by atoms with Gasteiger partial charge in [-0.2, -0.15) is 0 Å². The SMILES string of the molecule is c1ccc(-c2ccc(-c3ccc(-c4nc(-c5ccccc5)nc(-c5ccc6ccccc6c5)n4)c4c3oc3nc5ccccc5cc34)cc2)cc1. The van der Waals surface area contributed by atoms with Crippen LogP contribution in [0.15, 0.2) is 174 Å². The van der Waals surface area contributed by atoms with Gasteiger partial charge in [0.2, 0.25) is 5.71 Å². The number of aromatic nitrogens is 4. The van der Waals surface area contributed by atoms with E-state index in [2.05, 4.69) is 115 Å². The second-order valence-corrected chi connectivity index (χ2v) is 12.7. The van der Waals surface area contributed by atoms with Gasteiger partial charge in [0, 0.05) is 38.4 Å². The summed E-state index contributed by atoms with van der Waals surface area (Å²) in [7, 11) is 0. The van der Waals surface area contributed by atoms with Crippen LogP contribution >= 0.6 is 0 Å². The number of hydrogen-bond donors (Lipinski definition) is 0. The van der Waals surface area contributed by atoms with Gasteiger partial charge in [0.25, 0.3) is 0 Å². The van der Waals surface area contributed by atoms with E-state index in [9.17, 15) is 0 Å². The fraction of sp³-hybridized carbons (Fsp3) is 0. The second kappa shape index (κ2) is 11.9. The molecule has 238 valence electrons. The van der Waals surface area contributed by atoms with Gasteiger partial charge >= 0.3 is 0 Å². The highest BCUT2D eigenvalue weighted by Gasteiger charge is 2.22. The lowest BCUT2D eigenvalue weighted by Gasteiger charge is -2.11. The maximum absolute atomic E-state index is 6.72. The number of furan rings is 1. The van der Waals surface area contributed by atoms with Crippen LogP contribution < -0.4 is 0 Å². The minimum absolute atomic E-state index is 0.568. The van der Waals surface area contributed by atoms with Crippen molar-refractivity contribution >= 4 is 43.7 Å². The Morgan fingerprint density at radius 1 is 0.353 bits per heavy atom. The van der Waals surface area contributed by atoms with Crippen LogP contribution in [0, 0.1) is 0 Å². The quantitative estimate of drug-likeness (QED) is 0.185. The number of nitrogens with zero attached hydrogens (tertiary/aromatic N) is 4. The number of para-hydroxylation sites is 1. The topological polar surface area (TPSA) is 64.7 Å². The Morgan fingerprint density at radius 2 is 0.922 bits per heavy atom. The van der Waals surface area contributed by atoms with Crippen LogP contribution in [0.1, 0.15) is 0 Å². The van der Waals surface area contributed by atoms with Crippen LogP contribution in [-0.2, 0) is 0 Å². The molecule has 0 amide bonds. The molecule has 0 bridgehead atoms. The minimum Gasteiger partial charge on any atom is -0.437 e. The monoisotopic (exact) mass is 652 g/mol. The zero-order valence-corrected chi connectivity index (χ0v) is 27.4. The lowest BCUT2D eigenvalue weighted by molar-refractivity contribution is 0.657. The predicted octanol–water partition coefficient (Wildman–Crippen LogP) is 11.8. The van der Waals surface area contributed by atoms with E-state index in [0.29, 0.717) is 23.2 Å². The van der Waals surface area contributed by atoms with Gasteiger partial charge in [-0.05, 0) is 57.8 Å². The number of benzene rings is 7. The number of hydrogen-bond acceptors (Lipinski definition) is 5. The fourth-order valence-electron chi connectivity index (χ4n) is 6.96. The summed E-state index contributed by atoms with van der Waals surface area (Å²) >= 11 is 0. The molecule has 0 aliphatic rings. The van der Waals surface area contributed by atoms with Gasteiger partial charge < -0.3 is 4.42 Å². The molecule has 3 heterocycles. The van der Waals surface area contributed by atoms with Crippen molar-refractivity contribution in [3.8, 4) is 56.4 Å². The van der Waals surface area contributed by atoms with Crippen LogP contribution in [0.5, 0.6) is 0 Å². The standard InChI is InChI=1S/C46H28N4O/c1-3-11-29(12-4-1)31-19-22-32(23-20-31)37-25-26-38(41-39-28-35-17-9-10-18-40(35)47-46(39)51-42(37)41)45-49-43(33-14-5-2-6-15-33)48-44(50-45)36-24-21-30-13-7-8-16-34(30)27-36/h1-28H. The van der Waals surface area contributed by atoms with Crippen molar-refractivity contribution in [2.45, 2.75) is 0 Å². The summed E-state index contributed by atoms with van der Waals surface area (Å²) in [5.74, 6) is 1.78. The zero-order chi connectivity index (χ0) is 33.7. The maximum Gasteiger partial charge on any atom is 0.227 e. The third kappa shape index (κ3) is 5.11. The molecule has 0 N–H and O–H groups in total. The smallest absolute Gasteiger partial charge is 0.227 e. The molecule has 0 saturated carbocycles. The Bertz CT molecular complexity index is 2900. The van der Waals surface area contributed by atoms with E-state index in [0.717, 1.165) is 71.4 Å². The second-order valence-electron chi connectivity index (χ2n) is 12.7. The van der Waals surface area contributed by atoms with E-state index < -0.39 is 0 Å². The average molecular weight is 653 g/mol. The van der Waals surface area contributed by atoms with Gasteiger partial charge in [-0.3, -0.25) is 0 Å². The zero-order valence-electron chi connectivity index (χ0n) is 27.4. The number of pyridine rings is 1. The molecule has 5 nitrogen and oxygen atoms in total. The normalized spacial score (nSPS) is 11.5. The first kappa shape index (κ1) is 29.0. The maximum atomic E-state index is 6.72. The molecule has 3 aromatic heterocycles. The Balaban J connectivity index is 1.22. The molecule has 0 radical (unpaired) electrons. The number of fused-ring (bicyclic) bond motifs is 5. The lowest BCUT2D eigenvalue weighted by atomic mass is 9.96. The Labute approximate surface area is 293 Å². The molecule has 0 fully saturated rings. The first-order chi connectivity index (χ1) is 25.2. The molecule has 0 spiro atoms. The van der Waals surface area contributed by atoms with E-state index in [4.69, 9.17) is 24.4 Å². The highest BCUT2D eigenvalue weighted by atomic mass is 16.3. The van der Waals surface area contributed by atoms with E-state index in [1.54, 1.807) is 0 Å². The van der Waals surface area contributed by atoms with Gasteiger partial charge in [0.15, 0.2) is 17.5 Å². The van der Waals surface area contributed by atoms with E-state index in [-0.39, 0.29) is 0 Å². The minimum atomic E-state index is 0.568. The fourth-order valence-corrected chi connectivity index (χ4v) is 6.96. The van der Waals surface area contributed by atoms with E-state index >= 15 is 0 Å². The van der Waals surface area contributed by atoms with Crippen molar-refractivity contribution in [2.24, 2.45) is 0 Å². The van der Waals surface area contributed by atoms with Gasteiger partial charge in [0.05, 0.1) is 5.52 Å². The summed E-state index contributed by atoms with van der Waals surface area (Å²) in [5.41, 5.74) is 9.24. The third-order valence-electron chi connectivity index (χ3n) is 9.53. The Hall–Kier alpha value is -6.98. The van der Waals surface area contributed by atoms with Crippen molar-refractivity contribution in [1.29, 1.82) is 0 Å². The number of rotatable bonds is 5. The summed E-state index contributed by atoms with van der Waals surface area (Å²) in [6, 6.07) is 58.3. The Morgan fingerprint density at radius 3 is 1.71 bits per heavy atom. The molecule has 0 unspecified atom stereocenters. The summed E-state index contributed by atoms with van der Waals surface area (Å²) in [5, 5.41) is 5.16. The van der Waals surface area contributed by atoms with Gasteiger partial charge in [-0.25, -0.2) is 19.9 Å². The van der Waals surface area contributed by atoms with Crippen LogP contribution in [0.2, 0.25) is 0 Å². The van der Waals surface area contributed by atoms with Crippen molar-refractivity contribution in [3.05, 3.63) is 170 Å². The molecule has 0 aliphatic heterocycles. The van der Waals surface area contributed by atoms with Crippen LogP contribution in [-0.4, -0.2) is 19.9 Å². The highest BCUT2D eigenvalue weighted by molar-refractivity contribution is 6.17. The van der Waals surface area contributed by atoms with E-state index in [1.165, 1.54) is 5.56 Å². The van der Waals surface area contributed by atoms with Crippen molar-refractivity contribution in [2.75, 3.05) is 0 Å². The van der Waals surface area contributed by atoms with E-state index in [1.807, 2.05) is 54.6 Å². The lowest BCUT2D eigenvalue weighted by Crippen LogP contribution is -2.00. The first-order valence-electron chi connectivity index (χ1n) is 17.0. The van der Waals surface area contributed by atoms with Crippen LogP contribution in [0.3, 0.4) is 0 Å². The molecule has 10 aromatic rings. The Kier molecular flexibility index (Phi) is 6.74. The van der Waals surface area contributed by atoms with Crippen LogP contribution in [0.4, 0.5) is 0 Å². The molecule has 0 saturated heterocycles. The molecule has 7 aromatic carbocycles. The van der Waals surface area contributed by atoms with Crippen molar-refractivity contribution < 1.29 is 4.42 Å². The molecule has 5 heteroatoms. The third-order valence-corrected chi connectivity index (χ3v) is 9.53. The van der Waals surface area contributed by atoms with Gasteiger partial charge in [-0.15, -0.1) is 0 Å². The van der Waals surface area contributed by atoms with Gasteiger partial charge in [0.1, 0.15) is 5.58 Å². The molecular formula is C46H28N4O. The van der Waals surface area contributed by atoms with Crippen molar-refractivity contribution in [3.63, 3.8) is 0 Å². The predicted molar refractivity (Wildman–Crippen MR) is 207 cm³/mol.